The minimum absolute atomic E-state index is 0.0519. The molecule has 0 radical (unpaired) electrons. The number of thioether (sulfide) groups is 1. The number of nitrogens with zero attached hydrogens (tertiary/aromatic N) is 2. The molecule has 1 heterocycles. The van der Waals surface area contributed by atoms with Crippen molar-refractivity contribution in [3.8, 4) is 5.75 Å². The van der Waals surface area contributed by atoms with Gasteiger partial charge in [-0.3, -0.25) is 14.5 Å². The molecule has 186 valence electrons. The Bertz CT molecular complexity index is 1170. The zero-order valence-corrected chi connectivity index (χ0v) is 21.2. The Kier molecular flexibility index (Phi) is 9.16. The first-order valence-electron chi connectivity index (χ1n) is 12.4. The zero-order chi connectivity index (χ0) is 25.2. The van der Waals surface area contributed by atoms with E-state index in [0.29, 0.717) is 17.5 Å². The number of benzene rings is 3. The molecule has 3 aromatic carbocycles. The fourth-order valence-electron chi connectivity index (χ4n) is 3.84. The number of para-hydroxylation sites is 2. The lowest BCUT2D eigenvalue weighted by Crippen LogP contribution is -2.33. The zero-order valence-electron chi connectivity index (χ0n) is 20.4. The van der Waals surface area contributed by atoms with Crippen molar-refractivity contribution in [3.63, 3.8) is 0 Å². The summed E-state index contributed by atoms with van der Waals surface area (Å²) >= 11 is 1.32. The molecule has 7 heteroatoms. The van der Waals surface area contributed by atoms with Crippen LogP contribution in [-0.2, 0) is 9.59 Å². The van der Waals surface area contributed by atoms with Crippen LogP contribution in [0.5, 0.6) is 5.75 Å². The highest BCUT2D eigenvalue weighted by molar-refractivity contribution is 8.16. The average Bonchev–Trinajstić information content (AvgIpc) is 3.20. The van der Waals surface area contributed by atoms with Crippen molar-refractivity contribution in [3.05, 3.63) is 84.9 Å². The van der Waals surface area contributed by atoms with E-state index in [1.165, 1.54) is 31.0 Å². The van der Waals surface area contributed by atoms with Gasteiger partial charge in [0, 0.05) is 12.1 Å². The van der Waals surface area contributed by atoms with E-state index in [4.69, 9.17) is 9.73 Å². The Morgan fingerprint density at radius 1 is 0.944 bits per heavy atom. The van der Waals surface area contributed by atoms with Gasteiger partial charge in [0.15, 0.2) is 5.17 Å². The summed E-state index contributed by atoms with van der Waals surface area (Å²) in [6, 6.07) is 26.3. The van der Waals surface area contributed by atoms with E-state index >= 15 is 0 Å². The molecular weight excluding hydrogens is 470 g/mol. The number of hydrogen-bond donors (Lipinski definition) is 1. The highest BCUT2D eigenvalue weighted by Gasteiger charge is 2.40. The number of ether oxygens (including phenoxy) is 1. The molecule has 1 fully saturated rings. The van der Waals surface area contributed by atoms with Crippen molar-refractivity contribution in [2.24, 2.45) is 4.99 Å². The van der Waals surface area contributed by atoms with Crippen LogP contribution in [-0.4, -0.2) is 28.8 Å². The Morgan fingerprint density at radius 2 is 1.64 bits per heavy atom. The van der Waals surface area contributed by atoms with Crippen LogP contribution in [0.15, 0.2) is 89.9 Å². The Labute approximate surface area is 216 Å². The van der Waals surface area contributed by atoms with E-state index in [1.807, 2.05) is 84.9 Å². The highest BCUT2D eigenvalue weighted by Crippen LogP contribution is 2.35. The first-order valence-corrected chi connectivity index (χ1v) is 13.2. The summed E-state index contributed by atoms with van der Waals surface area (Å²) in [4.78, 5) is 32.4. The minimum atomic E-state index is -0.557. The lowest BCUT2D eigenvalue weighted by molar-refractivity contribution is -0.121. The van der Waals surface area contributed by atoms with Crippen LogP contribution in [0.3, 0.4) is 0 Å². The third-order valence-electron chi connectivity index (χ3n) is 5.71. The van der Waals surface area contributed by atoms with Crippen LogP contribution in [0.4, 0.5) is 17.1 Å². The van der Waals surface area contributed by atoms with Gasteiger partial charge < -0.3 is 10.1 Å². The van der Waals surface area contributed by atoms with Crippen molar-refractivity contribution in [2.45, 2.75) is 44.3 Å². The summed E-state index contributed by atoms with van der Waals surface area (Å²) in [5.74, 6) is 0.414. The van der Waals surface area contributed by atoms with Gasteiger partial charge in [0.2, 0.25) is 11.8 Å². The molecule has 0 spiro atoms. The Hall–Kier alpha value is -3.58. The van der Waals surface area contributed by atoms with E-state index in [9.17, 15) is 9.59 Å². The number of carbonyl (C=O) groups is 2. The molecule has 1 atom stereocenters. The largest absolute Gasteiger partial charge is 0.494 e. The van der Waals surface area contributed by atoms with E-state index < -0.39 is 5.25 Å². The maximum Gasteiger partial charge on any atom is 0.247 e. The monoisotopic (exact) mass is 501 g/mol. The standard InChI is InChI=1S/C29H31N3O3S/c1-2-3-4-11-20-35-25-18-16-23(17-19-25)30-27(33)21-26-28(34)32(24-14-9-6-10-15-24)29(36-26)31-22-12-7-5-8-13-22/h5-10,12-19,26H,2-4,11,20-21H2,1H3,(H,30,33)/t26-/m0/s1. The third kappa shape index (κ3) is 6.98. The number of nitrogens with one attached hydrogen (secondary N) is 1. The second-order valence-electron chi connectivity index (χ2n) is 8.53. The number of amides is 2. The van der Waals surface area contributed by atoms with Crippen molar-refractivity contribution in [1.82, 2.24) is 0 Å². The number of unbranched alkanes of at least 4 members (excludes halogenated alkanes) is 3. The quantitative estimate of drug-likeness (QED) is 0.293. The molecule has 1 saturated heterocycles. The third-order valence-corrected chi connectivity index (χ3v) is 6.84. The van der Waals surface area contributed by atoms with Gasteiger partial charge >= 0.3 is 0 Å². The highest BCUT2D eigenvalue weighted by atomic mass is 32.2. The topological polar surface area (TPSA) is 71.0 Å². The van der Waals surface area contributed by atoms with E-state index in [-0.39, 0.29) is 18.2 Å². The summed E-state index contributed by atoms with van der Waals surface area (Å²) in [5.41, 5.74) is 2.16. The lowest BCUT2D eigenvalue weighted by Gasteiger charge is -2.16. The normalized spacial score (nSPS) is 16.4. The molecular formula is C29H31N3O3S. The molecule has 1 aliphatic heterocycles. The van der Waals surface area contributed by atoms with Gasteiger partial charge in [-0.2, -0.15) is 0 Å². The maximum absolute atomic E-state index is 13.3. The summed E-state index contributed by atoms with van der Waals surface area (Å²) in [6.45, 7) is 2.88. The molecule has 0 saturated carbocycles. The van der Waals surface area contributed by atoms with Gasteiger partial charge in [0.1, 0.15) is 11.0 Å². The summed E-state index contributed by atoms with van der Waals surface area (Å²) in [6.07, 6.45) is 4.68. The van der Waals surface area contributed by atoms with Crippen LogP contribution >= 0.6 is 11.8 Å². The number of aliphatic imine (C=N–C) groups is 1. The predicted octanol–water partition coefficient (Wildman–Crippen LogP) is 6.81. The minimum Gasteiger partial charge on any atom is -0.494 e. The first-order chi connectivity index (χ1) is 17.6. The van der Waals surface area contributed by atoms with Crippen LogP contribution in [0.1, 0.15) is 39.0 Å². The molecule has 1 N–H and O–H groups in total. The molecule has 3 aromatic rings. The number of rotatable bonds is 11. The Morgan fingerprint density at radius 3 is 2.33 bits per heavy atom. The summed E-state index contributed by atoms with van der Waals surface area (Å²) in [5, 5.41) is 2.91. The van der Waals surface area contributed by atoms with Gasteiger partial charge in [-0.05, 0) is 55.0 Å². The van der Waals surface area contributed by atoms with Gasteiger partial charge in [-0.25, -0.2) is 4.99 Å². The molecule has 0 aliphatic carbocycles. The SMILES string of the molecule is CCCCCCOc1ccc(NC(=O)C[C@@H]2SC(=Nc3ccccc3)N(c3ccccc3)C2=O)cc1. The Balaban J connectivity index is 1.38. The number of anilines is 2. The number of carbonyl (C=O) groups excluding carboxylic acids is 2. The van der Waals surface area contributed by atoms with Crippen molar-refractivity contribution >= 4 is 45.8 Å². The summed E-state index contributed by atoms with van der Waals surface area (Å²) < 4.78 is 5.77. The van der Waals surface area contributed by atoms with Gasteiger partial charge in [0.05, 0.1) is 18.0 Å². The molecule has 2 amide bonds. The molecule has 0 bridgehead atoms. The second-order valence-corrected chi connectivity index (χ2v) is 9.70. The number of hydrogen-bond acceptors (Lipinski definition) is 5. The van der Waals surface area contributed by atoms with E-state index in [0.717, 1.165) is 23.5 Å². The van der Waals surface area contributed by atoms with E-state index in [2.05, 4.69) is 12.2 Å². The first kappa shape index (κ1) is 25.5. The van der Waals surface area contributed by atoms with Gasteiger partial charge in [-0.1, -0.05) is 74.3 Å². The van der Waals surface area contributed by atoms with Crippen LogP contribution in [0, 0.1) is 0 Å². The smallest absolute Gasteiger partial charge is 0.247 e. The van der Waals surface area contributed by atoms with Crippen LogP contribution in [0.25, 0.3) is 0 Å². The molecule has 36 heavy (non-hydrogen) atoms. The molecule has 0 aromatic heterocycles. The summed E-state index contributed by atoms with van der Waals surface area (Å²) in [7, 11) is 0. The van der Waals surface area contributed by atoms with Crippen LogP contribution < -0.4 is 15.0 Å². The van der Waals surface area contributed by atoms with Crippen LogP contribution in [0.2, 0.25) is 0 Å². The molecule has 6 nitrogen and oxygen atoms in total. The maximum atomic E-state index is 13.3. The fourth-order valence-corrected chi connectivity index (χ4v) is 4.99. The average molecular weight is 502 g/mol. The predicted molar refractivity (Wildman–Crippen MR) is 148 cm³/mol. The van der Waals surface area contributed by atoms with Crippen molar-refractivity contribution in [1.29, 1.82) is 0 Å². The number of amidine groups is 1. The van der Waals surface area contributed by atoms with Crippen molar-refractivity contribution < 1.29 is 14.3 Å². The van der Waals surface area contributed by atoms with E-state index in [1.54, 1.807) is 4.90 Å². The molecule has 1 aliphatic rings. The second kappa shape index (κ2) is 12.9. The lowest BCUT2D eigenvalue weighted by atomic mass is 10.2. The fraction of sp³-hybridized carbons (Fsp3) is 0.276. The van der Waals surface area contributed by atoms with Crippen molar-refractivity contribution in [2.75, 3.05) is 16.8 Å². The van der Waals surface area contributed by atoms with Gasteiger partial charge in [0.25, 0.3) is 0 Å². The molecule has 0 unspecified atom stereocenters. The molecule has 4 rings (SSSR count). The van der Waals surface area contributed by atoms with Gasteiger partial charge in [-0.15, -0.1) is 0 Å².